The van der Waals surface area contributed by atoms with Gasteiger partial charge >= 0.3 is 0 Å². The number of hydrogen-bond donors (Lipinski definition) is 1. The van der Waals surface area contributed by atoms with E-state index in [4.69, 9.17) is 0 Å². The van der Waals surface area contributed by atoms with Crippen LogP contribution in [0.15, 0.2) is 66.9 Å². The lowest BCUT2D eigenvalue weighted by molar-refractivity contribution is -0.384. The fourth-order valence-corrected chi connectivity index (χ4v) is 2.57. The Balaban J connectivity index is 1.51. The summed E-state index contributed by atoms with van der Waals surface area (Å²) >= 11 is 0. The first-order valence-corrected chi connectivity index (χ1v) is 7.88. The van der Waals surface area contributed by atoms with Crippen LogP contribution in [-0.4, -0.2) is 21.9 Å². The van der Waals surface area contributed by atoms with E-state index in [1.165, 1.54) is 23.6 Å². The first-order valence-electron chi connectivity index (χ1n) is 7.88. The second-order valence-corrected chi connectivity index (χ2v) is 5.54. The molecule has 2 aromatic carbocycles. The van der Waals surface area contributed by atoms with Gasteiger partial charge in [0, 0.05) is 43.0 Å². The number of hydrogen-bond acceptors (Lipinski definition) is 3. The molecular weight excluding hydrogens is 318 g/mol. The van der Waals surface area contributed by atoms with Crippen LogP contribution in [0.5, 0.6) is 0 Å². The second-order valence-electron chi connectivity index (χ2n) is 5.54. The molecular formula is C19H17N3O3. The van der Waals surface area contributed by atoms with Crippen molar-refractivity contribution in [1.82, 2.24) is 9.88 Å². The van der Waals surface area contributed by atoms with E-state index < -0.39 is 4.92 Å². The van der Waals surface area contributed by atoms with Crippen molar-refractivity contribution < 1.29 is 9.72 Å². The molecule has 0 atom stereocenters. The van der Waals surface area contributed by atoms with E-state index >= 15 is 0 Å². The number of nitro benzene ring substituents is 1. The van der Waals surface area contributed by atoms with Gasteiger partial charge in [0.1, 0.15) is 0 Å². The van der Waals surface area contributed by atoms with Crippen molar-refractivity contribution >= 4 is 28.6 Å². The molecule has 0 radical (unpaired) electrons. The van der Waals surface area contributed by atoms with E-state index in [9.17, 15) is 14.9 Å². The highest BCUT2D eigenvalue weighted by molar-refractivity contribution is 5.91. The van der Waals surface area contributed by atoms with E-state index in [2.05, 4.69) is 16.0 Å². The van der Waals surface area contributed by atoms with Crippen LogP contribution in [0.3, 0.4) is 0 Å². The van der Waals surface area contributed by atoms with Crippen molar-refractivity contribution in [2.75, 3.05) is 6.54 Å². The zero-order chi connectivity index (χ0) is 17.6. The molecule has 0 fully saturated rings. The number of para-hydroxylation sites is 1. The third kappa shape index (κ3) is 4.11. The van der Waals surface area contributed by atoms with Crippen LogP contribution in [0.4, 0.5) is 5.69 Å². The number of rotatable bonds is 6. The molecule has 1 N–H and O–H groups in total. The Kier molecular flexibility index (Phi) is 4.89. The van der Waals surface area contributed by atoms with E-state index in [0.29, 0.717) is 13.1 Å². The molecule has 0 aliphatic rings. The SMILES string of the molecule is O=C(/C=C/c1ccc([N+](=O)[O-])cc1)NCCn1ccc2ccccc21. The normalized spacial score (nSPS) is 11.0. The second kappa shape index (κ2) is 7.44. The van der Waals surface area contributed by atoms with Crippen molar-refractivity contribution in [2.45, 2.75) is 6.54 Å². The zero-order valence-electron chi connectivity index (χ0n) is 13.5. The number of carbonyl (C=O) groups excluding carboxylic acids is 1. The Hall–Kier alpha value is -3.41. The lowest BCUT2D eigenvalue weighted by atomic mass is 10.2. The van der Waals surface area contributed by atoms with E-state index in [0.717, 1.165) is 11.1 Å². The molecule has 126 valence electrons. The van der Waals surface area contributed by atoms with Gasteiger partial charge in [-0.15, -0.1) is 0 Å². The van der Waals surface area contributed by atoms with Gasteiger partial charge in [-0.2, -0.15) is 0 Å². The number of non-ortho nitro benzene ring substituents is 1. The molecule has 0 bridgehead atoms. The van der Waals surface area contributed by atoms with Crippen LogP contribution in [0, 0.1) is 10.1 Å². The minimum absolute atomic E-state index is 0.0283. The van der Waals surface area contributed by atoms with Crippen molar-refractivity contribution in [1.29, 1.82) is 0 Å². The maximum atomic E-state index is 11.9. The summed E-state index contributed by atoms with van der Waals surface area (Å²) in [5.74, 6) is -0.199. The van der Waals surface area contributed by atoms with Crippen molar-refractivity contribution in [3.05, 3.63) is 82.5 Å². The predicted molar refractivity (Wildman–Crippen MR) is 97.1 cm³/mol. The highest BCUT2D eigenvalue weighted by Gasteiger charge is 2.03. The van der Waals surface area contributed by atoms with Gasteiger partial charge in [0.05, 0.1) is 4.92 Å². The van der Waals surface area contributed by atoms with Crippen molar-refractivity contribution in [2.24, 2.45) is 0 Å². The molecule has 1 amide bonds. The highest BCUT2D eigenvalue weighted by atomic mass is 16.6. The van der Waals surface area contributed by atoms with Gasteiger partial charge in [-0.3, -0.25) is 14.9 Å². The maximum Gasteiger partial charge on any atom is 0.269 e. The summed E-state index contributed by atoms with van der Waals surface area (Å²) in [5, 5.41) is 14.6. The van der Waals surface area contributed by atoms with Gasteiger partial charge in [0.2, 0.25) is 5.91 Å². The van der Waals surface area contributed by atoms with Crippen LogP contribution in [0.2, 0.25) is 0 Å². The number of carbonyl (C=O) groups is 1. The van der Waals surface area contributed by atoms with E-state index in [1.807, 2.05) is 30.5 Å². The van der Waals surface area contributed by atoms with Crippen molar-refractivity contribution in [3.8, 4) is 0 Å². The molecule has 0 aliphatic carbocycles. The largest absolute Gasteiger partial charge is 0.351 e. The lowest BCUT2D eigenvalue weighted by Crippen LogP contribution is -2.25. The standard InChI is InChI=1S/C19H17N3O3/c23-19(10-7-15-5-8-17(9-6-15)22(24)25)20-12-14-21-13-11-16-3-1-2-4-18(16)21/h1-11,13H,12,14H2,(H,20,23)/b10-7+. The summed E-state index contributed by atoms with van der Waals surface area (Å²) < 4.78 is 2.09. The van der Waals surface area contributed by atoms with Crippen LogP contribution in [-0.2, 0) is 11.3 Å². The number of nitro groups is 1. The number of amides is 1. The van der Waals surface area contributed by atoms with Gasteiger partial charge in [-0.05, 0) is 41.3 Å². The summed E-state index contributed by atoms with van der Waals surface area (Å²) in [6.07, 6.45) is 5.06. The molecule has 6 nitrogen and oxygen atoms in total. The third-order valence-corrected chi connectivity index (χ3v) is 3.86. The fraction of sp³-hybridized carbons (Fsp3) is 0.105. The number of fused-ring (bicyclic) bond motifs is 1. The number of aromatic nitrogens is 1. The zero-order valence-corrected chi connectivity index (χ0v) is 13.5. The summed E-state index contributed by atoms with van der Waals surface area (Å²) in [6.45, 7) is 1.20. The molecule has 1 aromatic heterocycles. The third-order valence-electron chi connectivity index (χ3n) is 3.86. The Bertz CT molecular complexity index is 926. The van der Waals surface area contributed by atoms with Gasteiger partial charge < -0.3 is 9.88 Å². The molecule has 0 spiro atoms. The summed E-state index contributed by atoms with van der Waals surface area (Å²) in [7, 11) is 0. The molecule has 6 heteroatoms. The van der Waals surface area contributed by atoms with Crippen LogP contribution in [0.25, 0.3) is 17.0 Å². The molecule has 3 aromatic rings. The highest BCUT2D eigenvalue weighted by Crippen LogP contribution is 2.14. The maximum absolute atomic E-state index is 11.9. The van der Waals surface area contributed by atoms with Gasteiger partial charge in [0.25, 0.3) is 5.69 Å². The minimum Gasteiger partial charge on any atom is -0.351 e. The van der Waals surface area contributed by atoms with Crippen LogP contribution in [0.1, 0.15) is 5.56 Å². The van der Waals surface area contributed by atoms with Gasteiger partial charge in [-0.1, -0.05) is 18.2 Å². The number of nitrogens with one attached hydrogen (secondary N) is 1. The summed E-state index contributed by atoms with van der Waals surface area (Å²) in [6, 6.07) is 16.2. The molecule has 0 unspecified atom stereocenters. The summed E-state index contributed by atoms with van der Waals surface area (Å²) in [5.41, 5.74) is 1.90. The number of nitrogens with zero attached hydrogens (tertiary/aromatic N) is 2. The molecule has 0 saturated carbocycles. The molecule has 0 aliphatic heterocycles. The van der Waals surface area contributed by atoms with Gasteiger partial charge in [-0.25, -0.2) is 0 Å². The van der Waals surface area contributed by atoms with Gasteiger partial charge in [0.15, 0.2) is 0 Å². The molecule has 0 saturated heterocycles. The average molecular weight is 335 g/mol. The van der Waals surface area contributed by atoms with Crippen LogP contribution >= 0.6 is 0 Å². The summed E-state index contributed by atoms with van der Waals surface area (Å²) in [4.78, 5) is 22.0. The Labute approximate surface area is 144 Å². The lowest BCUT2D eigenvalue weighted by Gasteiger charge is -2.06. The quantitative estimate of drug-likeness (QED) is 0.426. The first kappa shape index (κ1) is 16.4. The number of benzene rings is 2. The monoisotopic (exact) mass is 335 g/mol. The Morgan fingerprint density at radius 1 is 1.12 bits per heavy atom. The fourth-order valence-electron chi connectivity index (χ4n) is 2.57. The van der Waals surface area contributed by atoms with Crippen LogP contribution < -0.4 is 5.32 Å². The van der Waals surface area contributed by atoms with E-state index in [1.54, 1.807) is 18.2 Å². The topological polar surface area (TPSA) is 77.2 Å². The minimum atomic E-state index is -0.453. The Morgan fingerprint density at radius 2 is 1.88 bits per heavy atom. The molecule has 3 rings (SSSR count). The first-order chi connectivity index (χ1) is 12.1. The molecule has 25 heavy (non-hydrogen) atoms. The average Bonchev–Trinajstić information content (AvgIpc) is 3.04. The van der Waals surface area contributed by atoms with E-state index in [-0.39, 0.29) is 11.6 Å². The Morgan fingerprint density at radius 3 is 2.64 bits per heavy atom. The molecule has 1 heterocycles. The predicted octanol–water partition coefficient (Wildman–Crippen LogP) is 3.38. The smallest absolute Gasteiger partial charge is 0.269 e. The van der Waals surface area contributed by atoms with Crippen molar-refractivity contribution in [3.63, 3.8) is 0 Å².